The highest BCUT2D eigenvalue weighted by Crippen LogP contribution is 2.43. The summed E-state index contributed by atoms with van der Waals surface area (Å²) in [5, 5.41) is 13.5. The van der Waals surface area contributed by atoms with Gasteiger partial charge in [-0.1, -0.05) is 95.2 Å². The van der Waals surface area contributed by atoms with Crippen molar-refractivity contribution in [2.75, 3.05) is 40.9 Å². The molecule has 0 rings (SSSR count). The third-order valence-corrected chi connectivity index (χ3v) is 7.31. The molecule has 0 heterocycles. The summed E-state index contributed by atoms with van der Waals surface area (Å²) in [5.74, 6) is -0.204. The summed E-state index contributed by atoms with van der Waals surface area (Å²) >= 11 is 0. The first-order chi connectivity index (χ1) is 19.0. The molecule has 0 aliphatic rings. The number of hydrogen-bond donors (Lipinski definition) is 3. The summed E-state index contributed by atoms with van der Waals surface area (Å²) in [6.07, 6.45) is 25.1. The van der Waals surface area contributed by atoms with Crippen molar-refractivity contribution < 1.29 is 32.9 Å². The van der Waals surface area contributed by atoms with Crippen molar-refractivity contribution in [1.82, 2.24) is 5.32 Å². The molecule has 3 unspecified atom stereocenters. The van der Waals surface area contributed by atoms with Crippen LogP contribution in [0.3, 0.4) is 0 Å². The lowest BCUT2D eigenvalue weighted by atomic mass is 10.1. The predicted octanol–water partition coefficient (Wildman–Crippen LogP) is 6.84. The zero-order chi connectivity index (χ0) is 30.1. The van der Waals surface area contributed by atoms with E-state index < -0.39 is 20.0 Å². The van der Waals surface area contributed by atoms with Crippen LogP contribution in [0.1, 0.15) is 104 Å². The van der Waals surface area contributed by atoms with E-state index in [4.69, 9.17) is 9.05 Å². The molecule has 8 nitrogen and oxygen atoms in total. The van der Waals surface area contributed by atoms with E-state index in [0.29, 0.717) is 17.4 Å². The number of amides is 1. The fourth-order valence-electron chi connectivity index (χ4n) is 3.78. The fraction of sp³-hybridized carbons (Fsp3) is 0.774. The summed E-state index contributed by atoms with van der Waals surface area (Å²) in [7, 11) is 1.53. The van der Waals surface area contributed by atoms with Gasteiger partial charge in [-0.25, -0.2) is 4.57 Å². The molecule has 3 atom stereocenters. The highest BCUT2D eigenvalue weighted by Gasteiger charge is 2.27. The predicted molar refractivity (Wildman–Crippen MR) is 166 cm³/mol. The van der Waals surface area contributed by atoms with Crippen LogP contribution in [0, 0.1) is 0 Å². The molecule has 0 aromatic carbocycles. The van der Waals surface area contributed by atoms with E-state index >= 15 is 0 Å². The first-order valence-corrected chi connectivity index (χ1v) is 16.9. The van der Waals surface area contributed by atoms with Gasteiger partial charge in [0.1, 0.15) is 13.2 Å². The standard InChI is InChI=1S/C31H59N2O6P/c1-6-8-10-12-14-15-16-17-19-20-22-24-30(34)29(28-39-40(36,37)38-27-26-33(3,4)5)32-31(35)25-23-21-18-13-11-9-7-2/h10,12,16-17,22,24,29-30,34H,6-9,11,13-15,18-21,23,25-28H2,1-5H3,(H-,32,35,36,37)/p+1/b12-10+,17-16+,24-22+. The van der Waals surface area contributed by atoms with Gasteiger partial charge >= 0.3 is 7.82 Å². The van der Waals surface area contributed by atoms with Crippen LogP contribution in [-0.4, -0.2) is 73.4 Å². The molecule has 0 fully saturated rings. The van der Waals surface area contributed by atoms with Gasteiger partial charge in [-0.15, -0.1) is 0 Å². The Hall–Kier alpha value is -1.28. The summed E-state index contributed by atoms with van der Waals surface area (Å²) in [4.78, 5) is 22.7. The van der Waals surface area contributed by atoms with Gasteiger partial charge < -0.3 is 19.8 Å². The summed E-state index contributed by atoms with van der Waals surface area (Å²) in [6.45, 7) is 4.61. The van der Waals surface area contributed by atoms with E-state index in [1.165, 1.54) is 32.1 Å². The number of phosphoric ester groups is 1. The van der Waals surface area contributed by atoms with Gasteiger partial charge in [0.25, 0.3) is 0 Å². The third-order valence-electron chi connectivity index (χ3n) is 6.32. The minimum atomic E-state index is -4.32. The minimum Gasteiger partial charge on any atom is -0.387 e. The molecule has 1 amide bonds. The number of unbranched alkanes of at least 4 members (excludes halogenated alkanes) is 9. The number of aliphatic hydroxyl groups is 1. The highest BCUT2D eigenvalue weighted by atomic mass is 31.2. The van der Waals surface area contributed by atoms with E-state index in [-0.39, 0.29) is 19.1 Å². The van der Waals surface area contributed by atoms with Crippen LogP contribution >= 0.6 is 7.82 Å². The summed E-state index contributed by atoms with van der Waals surface area (Å²) in [6, 6.07) is -0.860. The van der Waals surface area contributed by atoms with Crippen molar-refractivity contribution in [3.05, 3.63) is 36.5 Å². The van der Waals surface area contributed by atoms with Crippen LogP contribution in [0.4, 0.5) is 0 Å². The number of aliphatic hydroxyl groups excluding tert-OH is 1. The van der Waals surface area contributed by atoms with E-state index in [1.807, 2.05) is 27.2 Å². The van der Waals surface area contributed by atoms with Crippen LogP contribution in [0.15, 0.2) is 36.5 Å². The van der Waals surface area contributed by atoms with Crippen LogP contribution in [-0.2, 0) is 18.4 Å². The smallest absolute Gasteiger partial charge is 0.387 e. The maximum atomic E-state index is 12.6. The summed E-state index contributed by atoms with van der Waals surface area (Å²) < 4.78 is 23.2. The topological polar surface area (TPSA) is 105 Å². The zero-order valence-electron chi connectivity index (χ0n) is 26.1. The molecule has 0 bridgehead atoms. The molecule has 0 aromatic rings. The SMILES string of the molecule is CCC/C=C/CC/C=C/CC/C=C/C(O)C(COP(=O)(O)OCC[N+](C)(C)C)NC(=O)CCCCCCCCC. The Morgan fingerprint density at radius 2 is 1.38 bits per heavy atom. The quantitative estimate of drug-likeness (QED) is 0.0443. The van der Waals surface area contributed by atoms with Crippen molar-refractivity contribution in [3.63, 3.8) is 0 Å². The Bertz CT molecular complexity index is 763. The normalized spacial score (nSPS) is 15.7. The Morgan fingerprint density at radius 3 is 1.95 bits per heavy atom. The number of nitrogens with one attached hydrogen (secondary N) is 1. The second-order valence-electron chi connectivity index (χ2n) is 11.5. The lowest BCUT2D eigenvalue weighted by Crippen LogP contribution is -2.45. The van der Waals surface area contributed by atoms with Gasteiger partial charge in [0, 0.05) is 6.42 Å². The lowest BCUT2D eigenvalue weighted by molar-refractivity contribution is -0.870. The monoisotopic (exact) mass is 587 g/mol. The molecule has 0 spiro atoms. The Labute approximate surface area is 245 Å². The number of rotatable bonds is 26. The molecule has 0 saturated heterocycles. The maximum Gasteiger partial charge on any atom is 0.472 e. The second-order valence-corrected chi connectivity index (χ2v) is 12.9. The van der Waals surface area contributed by atoms with Crippen LogP contribution < -0.4 is 5.32 Å². The van der Waals surface area contributed by atoms with E-state index in [9.17, 15) is 19.4 Å². The first-order valence-electron chi connectivity index (χ1n) is 15.4. The van der Waals surface area contributed by atoms with Crippen molar-refractivity contribution in [2.24, 2.45) is 0 Å². The third kappa shape index (κ3) is 25.7. The Morgan fingerprint density at radius 1 is 0.825 bits per heavy atom. The number of allylic oxidation sites excluding steroid dienone is 5. The van der Waals surface area contributed by atoms with Crippen molar-refractivity contribution in [3.8, 4) is 0 Å². The molecule has 0 aliphatic heterocycles. The molecule has 3 N–H and O–H groups in total. The summed E-state index contributed by atoms with van der Waals surface area (Å²) in [5.41, 5.74) is 0. The number of carbonyl (C=O) groups excluding carboxylic acids is 1. The van der Waals surface area contributed by atoms with E-state index in [1.54, 1.807) is 6.08 Å². The molecule has 234 valence electrons. The van der Waals surface area contributed by atoms with Crippen molar-refractivity contribution in [1.29, 1.82) is 0 Å². The van der Waals surface area contributed by atoms with Gasteiger partial charge in [0.15, 0.2) is 0 Å². The zero-order valence-corrected chi connectivity index (χ0v) is 27.0. The average Bonchev–Trinajstić information content (AvgIpc) is 2.88. The van der Waals surface area contributed by atoms with Gasteiger partial charge in [0.05, 0.1) is 39.9 Å². The molecule has 40 heavy (non-hydrogen) atoms. The number of likely N-dealkylation sites (N-methyl/N-ethyl adjacent to an activating group) is 1. The lowest BCUT2D eigenvalue weighted by Gasteiger charge is -2.25. The number of nitrogens with zero attached hydrogens (tertiary/aromatic N) is 1. The number of quaternary nitrogens is 1. The van der Waals surface area contributed by atoms with Gasteiger partial charge in [-0.05, 0) is 38.5 Å². The van der Waals surface area contributed by atoms with Gasteiger partial charge in [-0.3, -0.25) is 13.8 Å². The molecule has 0 saturated carbocycles. The Balaban J connectivity index is 4.78. The number of phosphoric acid groups is 1. The first kappa shape index (κ1) is 38.7. The molecule has 0 aliphatic carbocycles. The maximum absolute atomic E-state index is 12.6. The largest absolute Gasteiger partial charge is 0.472 e. The molecule has 9 heteroatoms. The number of carbonyl (C=O) groups is 1. The Kier molecular flexibility index (Phi) is 23.6. The van der Waals surface area contributed by atoms with E-state index in [0.717, 1.165) is 51.4 Å². The highest BCUT2D eigenvalue weighted by molar-refractivity contribution is 7.47. The molecule has 0 radical (unpaired) electrons. The second kappa shape index (κ2) is 24.3. The number of hydrogen-bond acceptors (Lipinski definition) is 5. The van der Waals surface area contributed by atoms with Crippen LogP contribution in [0.25, 0.3) is 0 Å². The molecular formula is C31H60N2O6P+. The van der Waals surface area contributed by atoms with E-state index in [2.05, 4.69) is 43.5 Å². The van der Waals surface area contributed by atoms with Crippen molar-refractivity contribution in [2.45, 2.75) is 116 Å². The molecule has 0 aromatic heterocycles. The van der Waals surface area contributed by atoms with Crippen molar-refractivity contribution >= 4 is 13.7 Å². The van der Waals surface area contributed by atoms with Crippen LogP contribution in [0.2, 0.25) is 0 Å². The van der Waals surface area contributed by atoms with Gasteiger partial charge in [0.2, 0.25) is 5.91 Å². The minimum absolute atomic E-state index is 0.0531. The fourth-order valence-corrected chi connectivity index (χ4v) is 4.52. The van der Waals surface area contributed by atoms with Crippen LogP contribution in [0.5, 0.6) is 0 Å². The van der Waals surface area contributed by atoms with Gasteiger partial charge in [-0.2, -0.15) is 0 Å². The molecular weight excluding hydrogens is 527 g/mol. The average molecular weight is 588 g/mol.